The van der Waals surface area contributed by atoms with Crippen molar-refractivity contribution in [2.75, 3.05) is 18.5 Å². The van der Waals surface area contributed by atoms with Crippen molar-refractivity contribution in [1.29, 1.82) is 0 Å². The fourth-order valence-electron chi connectivity index (χ4n) is 2.78. The van der Waals surface area contributed by atoms with Gasteiger partial charge in [-0.3, -0.25) is 9.48 Å². The average molecular weight is 343 g/mol. The zero-order chi connectivity index (χ0) is 17.5. The number of ether oxygens (including phenoxy) is 2. The van der Waals surface area contributed by atoms with E-state index in [2.05, 4.69) is 10.4 Å². The molecule has 1 amide bonds. The van der Waals surface area contributed by atoms with Gasteiger partial charge in [-0.15, -0.1) is 0 Å². The van der Waals surface area contributed by atoms with Crippen LogP contribution in [0, 0.1) is 0 Å². The molecule has 134 valence electrons. The van der Waals surface area contributed by atoms with E-state index in [9.17, 15) is 4.79 Å². The number of carbonyl (C=O) groups excluding carboxylic acids is 1. The Labute approximate surface area is 148 Å². The summed E-state index contributed by atoms with van der Waals surface area (Å²) in [5, 5.41) is 7.18. The number of carbonyl (C=O) groups is 1. The SMILES string of the molecule is C[C@H](OC[C@H]1CCCCO1)C(=O)Nc1ccn(Cc2ccccc2)n1. The van der Waals surface area contributed by atoms with Gasteiger partial charge in [0.2, 0.25) is 0 Å². The number of hydrogen-bond acceptors (Lipinski definition) is 4. The van der Waals surface area contributed by atoms with Crippen molar-refractivity contribution < 1.29 is 14.3 Å². The van der Waals surface area contributed by atoms with Crippen molar-refractivity contribution in [3.8, 4) is 0 Å². The molecule has 2 aromatic rings. The smallest absolute Gasteiger partial charge is 0.254 e. The van der Waals surface area contributed by atoms with Gasteiger partial charge in [0.15, 0.2) is 5.82 Å². The molecule has 0 aliphatic carbocycles. The van der Waals surface area contributed by atoms with E-state index in [-0.39, 0.29) is 12.0 Å². The Kier molecular flexibility index (Phi) is 6.19. The van der Waals surface area contributed by atoms with Crippen LogP contribution in [0.25, 0.3) is 0 Å². The van der Waals surface area contributed by atoms with Gasteiger partial charge in [0.1, 0.15) is 6.10 Å². The lowest BCUT2D eigenvalue weighted by Gasteiger charge is -2.23. The van der Waals surface area contributed by atoms with Crippen molar-refractivity contribution in [3.63, 3.8) is 0 Å². The first kappa shape index (κ1) is 17.6. The van der Waals surface area contributed by atoms with Crippen LogP contribution in [0.2, 0.25) is 0 Å². The minimum Gasteiger partial charge on any atom is -0.376 e. The van der Waals surface area contributed by atoms with Crippen molar-refractivity contribution in [2.45, 2.75) is 44.9 Å². The second-order valence-corrected chi connectivity index (χ2v) is 6.34. The number of hydrogen-bond donors (Lipinski definition) is 1. The Hall–Kier alpha value is -2.18. The van der Waals surface area contributed by atoms with Gasteiger partial charge >= 0.3 is 0 Å². The molecule has 6 nitrogen and oxygen atoms in total. The molecule has 1 aliphatic rings. The zero-order valence-electron chi connectivity index (χ0n) is 14.6. The third-order valence-corrected chi connectivity index (χ3v) is 4.25. The standard InChI is InChI=1S/C19H25N3O3/c1-15(25-14-17-9-5-6-12-24-17)19(23)20-18-10-11-22(21-18)13-16-7-3-2-4-8-16/h2-4,7-8,10-11,15,17H,5-6,9,12-14H2,1H3,(H,20,21,23)/t15-,17+/m0/s1. The van der Waals surface area contributed by atoms with E-state index >= 15 is 0 Å². The van der Waals surface area contributed by atoms with Crippen molar-refractivity contribution in [1.82, 2.24) is 9.78 Å². The fourth-order valence-corrected chi connectivity index (χ4v) is 2.78. The summed E-state index contributed by atoms with van der Waals surface area (Å²) in [6.07, 6.45) is 4.69. The summed E-state index contributed by atoms with van der Waals surface area (Å²) in [6.45, 7) is 3.66. The van der Waals surface area contributed by atoms with Crippen LogP contribution in [0.5, 0.6) is 0 Å². The summed E-state index contributed by atoms with van der Waals surface area (Å²) in [5.41, 5.74) is 1.16. The molecule has 2 heterocycles. The van der Waals surface area contributed by atoms with Gasteiger partial charge in [0, 0.05) is 18.9 Å². The third-order valence-electron chi connectivity index (χ3n) is 4.25. The lowest BCUT2D eigenvalue weighted by Crippen LogP contribution is -2.32. The van der Waals surface area contributed by atoms with E-state index in [0.717, 1.165) is 31.4 Å². The lowest BCUT2D eigenvalue weighted by molar-refractivity contribution is -0.130. The van der Waals surface area contributed by atoms with Crippen LogP contribution in [0.3, 0.4) is 0 Å². The fraction of sp³-hybridized carbons (Fsp3) is 0.474. The normalized spacial score (nSPS) is 18.7. The van der Waals surface area contributed by atoms with Crippen molar-refractivity contribution in [2.24, 2.45) is 0 Å². The topological polar surface area (TPSA) is 65.4 Å². The Morgan fingerprint density at radius 3 is 2.96 bits per heavy atom. The molecule has 0 unspecified atom stereocenters. The molecular weight excluding hydrogens is 318 g/mol. The molecule has 2 atom stereocenters. The van der Waals surface area contributed by atoms with Gasteiger partial charge in [-0.25, -0.2) is 0 Å². The number of aromatic nitrogens is 2. The highest BCUT2D eigenvalue weighted by molar-refractivity contribution is 5.92. The van der Waals surface area contributed by atoms with E-state index in [4.69, 9.17) is 9.47 Å². The van der Waals surface area contributed by atoms with Gasteiger partial charge in [-0.1, -0.05) is 30.3 Å². The predicted octanol–water partition coefficient (Wildman–Crippen LogP) is 2.84. The first-order chi connectivity index (χ1) is 12.2. The summed E-state index contributed by atoms with van der Waals surface area (Å²) < 4.78 is 13.1. The first-order valence-electron chi connectivity index (χ1n) is 8.82. The van der Waals surface area contributed by atoms with E-state index in [1.807, 2.05) is 36.5 Å². The molecule has 1 N–H and O–H groups in total. The lowest BCUT2D eigenvalue weighted by atomic mass is 10.1. The maximum atomic E-state index is 12.2. The molecule has 0 spiro atoms. The van der Waals surface area contributed by atoms with Crippen LogP contribution < -0.4 is 5.32 Å². The van der Waals surface area contributed by atoms with Crippen LogP contribution >= 0.6 is 0 Å². The number of rotatable bonds is 7. The summed E-state index contributed by atoms with van der Waals surface area (Å²) in [5.74, 6) is 0.339. The van der Waals surface area contributed by atoms with Crippen LogP contribution in [0.4, 0.5) is 5.82 Å². The molecule has 6 heteroatoms. The quantitative estimate of drug-likeness (QED) is 0.839. The van der Waals surface area contributed by atoms with Crippen molar-refractivity contribution >= 4 is 11.7 Å². The van der Waals surface area contributed by atoms with Gasteiger partial charge in [0.05, 0.1) is 19.3 Å². The highest BCUT2D eigenvalue weighted by Gasteiger charge is 2.19. The minimum absolute atomic E-state index is 0.106. The number of amides is 1. The summed E-state index contributed by atoms with van der Waals surface area (Å²) in [7, 11) is 0. The summed E-state index contributed by atoms with van der Waals surface area (Å²) in [4.78, 5) is 12.2. The van der Waals surface area contributed by atoms with Crippen LogP contribution in [0.1, 0.15) is 31.7 Å². The van der Waals surface area contributed by atoms with E-state index in [1.165, 1.54) is 0 Å². The molecule has 1 aromatic heterocycles. The van der Waals surface area contributed by atoms with Crippen LogP contribution in [-0.2, 0) is 20.8 Å². The minimum atomic E-state index is -0.537. The molecular formula is C19H25N3O3. The van der Waals surface area contributed by atoms with E-state index < -0.39 is 6.10 Å². The Morgan fingerprint density at radius 1 is 1.36 bits per heavy atom. The highest BCUT2D eigenvalue weighted by atomic mass is 16.5. The van der Waals surface area contributed by atoms with Gasteiger partial charge in [0.25, 0.3) is 5.91 Å². The first-order valence-corrected chi connectivity index (χ1v) is 8.82. The Bertz CT molecular complexity index is 666. The summed E-state index contributed by atoms with van der Waals surface area (Å²) >= 11 is 0. The molecule has 1 fully saturated rings. The molecule has 25 heavy (non-hydrogen) atoms. The number of benzene rings is 1. The second kappa shape index (κ2) is 8.78. The van der Waals surface area contributed by atoms with Gasteiger partial charge in [-0.05, 0) is 31.7 Å². The Morgan fingerprint density at radius 2 is 2.20 bits per heavy atom. The van der Waals surface area contributed by atoms with Crippen molar-refractivity contribution in [3.05, 3.63) is 48.2 Å². The molecule has 0 bridgehead atoms. The molecule has 1 aromatic carbocycles. The number of nitrogens with one attached hydrogen (secondary N) is 1. The maximum Gasteiger partial charge on any atom is 0.254 e. The monoisotopic (exact) mass is 343 g/mol. The zero-order valence-corrected chi connectivity index (χ0v) is 14.6. The molecule has 3 rings (SSSR count). The van der Waals surface area contributed by atoms with Gasteiger partial charge < -0.3 is 14.8 Å². The largest absolute Gasteiger partial charge is 0.376 e. The summed E-state index contributed by atoms with van der Waals surface area (Å²) in [6, 6.07) is 11.9. The average Bonchev–Trinajstić information content (AvgIpc) is 3.08. The second-order valence-electron chi connectivity index (χ2n) is 6.34. The van der Waals surface area contributed by atoms with E-state index in [1.54, 1.807) is 17.7 Å². The Balaban J connectivity index is 1.45. The van der Waals surface area contributed by atoms with E-state index in [0.29, 0.717) is 19.0 Å². The van der Waals surface area contributed by atoms with Gasteiger partial charge in [-0.2, -0.15) is 5.10 Å². The highest BCUT2D eigenvalue weighted by Crippen LogP contribution is 2.14. The van der Waals surface area contributed by atoms with Crippen LogP contribution in [0.15, 0.2) is 42.6 Å². The molecule has 1 saturated heterocycles. The third kappa shape index (κ3) is 5.41. The number of nitrogens with zero attached hydrogens (tertiary/aromatic N) is 2. The predicted molar refractivity (Wildman–Crippen MR) is 95.4 cm³/mol. The number of anilines is 1. The molecule has 1 aliphatic heterocycles. The van der Waals surface area contributed by atoms with Crippen LogP contribution in [-0.4, -0.2) is 41.1 Å². The maximum absolute atomic E-state index is 12.2. The molecule has 0 radical (unpaired) electrons. The molecule has 0 saturated carbocycles.